The van der Waals surface area contributed by atoms with Crippen molar-refractivity contribution >= 4 is 22.3 Å². The third-order valence-electron chi connectivity index (χ3n) is 4.99. The van der Waals surface area contributed by atoms with Crippen molar-refractivity contribution < 1.29 is 9.53 Å². The lowest BCUT2D eigenvalue weighted by molar-refractivity contribution is 0.0230. The van der Waals surface area contributed by atoms with Gasteiger partial charge in [0.1, 0.15) is 16.4 Å². The first-order valence-corrected chi connectivity index (χ1v) is 9.16. The van der Waals surface area contributed by atoms with E-state index in [0.717, 1.165) is 58.5 Å². The average molecular weight is 343 g/mol. The molecule has 2 aliphatic rings. The maximum atomic E-state index is 12.7. The molecule has 0 aliphatic carbocycles. The number of piperidine rings is 1. The van der Waals surface area contributed by atoms with Crippen LogP contribution >= 0.6 is 11.3 Å². The van der Waals surface area contributed by atoms with E-state index in [9.17, 15) is 4.79 Å². The van der Waals surface area contributed by atoms with Crippen LogP contribution in [0, 0.1) is 20.8 Å². The Labute approximate surface area is 145 Å². The van der Waals surface area contributed by atoms with E-state index in [-0.39, 0.29) is 11.4 Å². The predicted octanol–water partition coefficient (Wildman–Crippen LogP) is 3.47. The minimum absolute atomic E-state index is 0.217. The molecule has 2 aromatic rings. The van der Waals surface area contributed by atoms with Gasteiger partial charge < -0.3 is 9.64 Å². The number of fused-ring (bicyclic) bond motifs is 1. The SMILES string of the molecule is Cc1cc(C)c2c(c1)OC1(CCN(c3nnc(C)s3)CC1)CC2=O. The number of carbonyl (C=O) groups excluding carboxylic acids is 1. The molecule has 4 rings (SSSR count). The van der Waals surface area contributed by atoms with Crippen molar-refractivity contribution in [3.63, 3.8) is 0 Å². The number of anilines is 1. The Hall–Kier alpha value is -1.95. The highest BCUT2D eigenvalue weighted by atomic mass is 32.1. The zero-order valence-corrected chi connectivity index (χ0v) is 15.1. The Kier molecular flexibility index (Phi) is 3.60. The molecule has 1 spiro atoms. The summed E-state index contributed by atoms with van der Waals surface area (Å²) in [5.74, 6) is 0.984. The normalized spacial score (nSPS) is 19.3. The van der Waals surface area contributed by atoms with Gasteiger partial charge in [0, 0.05) is 25.9 Å². The van der Waals surface area contributed by atoms with Crippen LogP contribution < -0.4 is 9.64 Å². The average Bonchev–Trinajstić information content (AvgIpc) is 2.93. The molecule has 0 saturated carbocycles. The fourth-order valence-electron chi connectivity index (χ4n) is 3.82. The second-order valence-electron chi connectivity index (χ2n) is 6.93. The van der Waals surface area contributed by atoms with Crippen LogP contribution in [-0.4, -0.2) is 34.7 Å². The number of benzene rings is 1. The van der Waals surface area contributed by atoms with E-state index in [1.165, 1.54) is 0 Å². The van der Waals surface area contributed by atoms with E-state index in [1.54, 1.807) is 11.3 Å². The molecule has 0 bridgehead atoms. The zero-order chi connectivity index (χ0) is 16.9. The minimum Gasteiger partial charge on any atom is -0.486 e. The van der Waals surface area contributed by atoms with Crippen LogP contribution in [0.25, 0.3) is 0 Å². The molecule has 0 amide bonds. The van der Waals surface area contributed by atoms with Crippen LogP contribution in [0.3, 0.4) is 0 Å². The number of aryl methyl sites for hydroxylation is 3. The van der Waals surface area contributed by atoms with E-state index >= 15 is 0 Å². The highest BCUT2D eigenvalue weighted by molar-refractivity contribution is 7.15. The summed E-state index contributed by atoms with van der Waals surface area (Å²) in [5, 5.41) is 10.3. The number of aromatic nitrogens is 2. The Bertz CT molecular complexity index is 807. The second-order valence-corrected chi connectivity index (χ2v) is 8.09. The standard InChI is InChI=1S/C18H21N3O2S/c1-11-8-12(2)16-14(22)10-18(23-15(16)9-11)4-6-21(7-5-18)17-20-19-13(3)24-17/h8-9H,4-7,10H2,1-3H3. The van der Waals surface area contributed by atoms with Crippen LogP contribution in [0.1, 0.15) is 45.8 Å². The van der Waals surface area contributed by atoms with Crippen molar-refractivity contribution in [2.24, 2.45) is 0 Å². The Balaban J connectivity index is 1.57. The third-order valence-corrected chi connectivity index (χ3v) is 5.89. The van der Waals surface area contributed by atoms with Gasteiger partial charge in [-0.05, 0) is 38.0 Å². The minimum atomic E-state index is -0.361. The maximum Gasteiger partial charge on any atom is 0.208 e. The smallest absolute Gasteiger partial charge is 0.208 e. The fraction of sp³-hybridized carbons (Fsp3) is 0.500. The number of ketones is 1. The summed E-state index contributed by atoms with van der Waals surface area (Å²) < 4.78 is 6.40. The van der Waals surface area contributed by atoms with Gasteiger partial charge in [-0.25, -0.2) is 0 Å². The molecule has 0 radical (unpaired) electrons. The van der Waals surface area contributed by atoms with Crippen molar-refractivity contribution in [2.75, 3.05) is 18.0 Å². The number of nitrogens with zero attached hydrogens (tertiary/aromatic N) is 3. The largest absolute Gasteiger partial charge is 0.486 e. The molecule has 3 heterocycles. The highest BCUT2D eigenvalue weighted by Crippen LogP contribution is 2.41. The number of hydrogen-bond acceptors (Lipinski definition) is 6. The van der Waals surface area contributed by atoms with Gasteiger partial charge in [0.05, 0.1) is 12.0 Å². The topological polar surface area (TPSA) is 55.3 Å². The molecule has 5 nitrogen and oxygen atoms in total. The number of ether oxygens (including phenoxy) is 1. The number of hydrogen-bond donors (Lipinski definition) is 0. The molecule has 6 heteroatoms. The van der Waals surface area contributed by atoms with Gasteiger partial charge in [-0.15, -0.1) is 10.2 Å². The summed E-state index contributed by atoms with van der Waals surface area (Å²) in [4.78, 5) is 15.0. The van der Waals surface area contributed by atoms with Gasteiger partial charge in [0.25, 0.3) is 0 Å². The summed E-state index contributed by atoms with van der Waals surface area (Å²) in [5.41, 5.74) is 2.57. The molecule has 126 valence electrons. The molecule has 2 aliphatic heterocycles. The van der Waals surface area contributed by atoms with Gasteiger partial charge in [0.15, 0.2) is 5.78 Å². The van der Waals surface area contributed by atoms with Crippen molar-refractivity contribution in [3.05, 3.63) is 33.8 Å². The van der Waals surface area contributed by atoms with Gasteiger partial charge in [-0.3, -0.25) is 4.79 Å². The summed E-state index contributed by atoms with van der Waals surface area (Å²) in [6.45, 7) is 7.70. The molecular weight excluding hydrogens is 322 g/mol. The number of rotatable bonds is 1. The predicted molar refractivity (Wildman–Crippen MR) is 94.3 cm³/mol. The van der Waals surface area contributed by atoms with Crippen LogP contribution in [0.15, 0.2) is 12.1 Å². The quantitative estimate of drug-likeness (QED) is 0.793. The molecule has 1 aromatic heterocycles. The van der Waals surface area contributed by atoms with Crippen molar-refractivity contribution in [3.8, 4) is 5.75 Å². The van der Waals surface area contributed by atoms with Crippen LogP contribution in [0.4, 0.5) is 5.13 Å². The van der Waals surface area contributed by atoms with Gasteiger partial charge in [0.2, 0.25) is 5.13 Å². The molecule has 1 saturated heterocycles. The molecule has 0 unspecified atom stereocenters. The third kappa shape index (κ3) is 2.59. The van der Waals surface area contributed by atoms with Crippen LogP contribution in [0.5, 0.6) is 5.75 Å². The maximum absolute atomic E-state index is 12.7. The first kappa shape index (κ1) is 15.6. The summed E-state index contributed by atoms with van der Waals surface area (Å²) >= 11 is 1.62. The van der Waals surface area contributed by atoms with E-state index in [1.807, 2.05) is 26.8 Å². The van der Waals surface area contributed by atoms with E-state index in [0.29, 0.717) is 6.42 Å². The lowest BCUT2D eigenvalue weighted by Gasteiger charge is -2.44. The van der Waals surface area contributed by atoms with Gasteiger partial charge in [-0.2, -0.15) is 0 Å². The first-order chi connectivity index (χ1) is 11.5. The van der Waals surface area contributed by atoms with Crippen LogP contribution in [0.2, 0.25) is 0 Å². The molecule has 0 N–H and O–H groups in total. The van der Waals surface area contributed by atoms with Crippen molar-refractivity contribution in [2.45, 2.75) is 45.6 Å². The Morgan fingerprint density at radius 3 is 2.58 bits per heavy atom. The van der Waals surface area contributed by atoms with Crippen molar-refractivity contribution in [1.29, 1.82) is 0 Å². The Morgan fingerprint density at radius 1 is 1.17 bits per heavy atom. The lowest BCUT2D eigenvalue weighted by atomic mass is 9.81. The molecule has 1 fully saturated rings. The number of Topliss-reactive ketones (excluding diaryl/α,β-unsaturated/α-hetero) is 1. The molecule has 0 atom stereocenters. The van der Waals surface area contributed by atoms with Gasteiger partial charge >= 0.3 is 0 Å². The van der Waals surface area contributed by atoms with E-state index in [4.69, 9.17) is 4.74 Å². The number of carbonyl (C=O) groups is 1. The lowest BCUT2D eigenvalue weighted by Crippen LogP contribution is -2.51. The van der Waals surface area contributed by atoms with Gasteiger partial charge in [-0.1, -0.05) is 17.4 Å². The monoisotopic (exact) mass is 343 g/mol. The first-order valence-electron chi connectivity index (χ1n) is 8.34. The Morgan fingerprint density at radius 2 is 1.92 bits per heavy atom. The fourth-order valence-corrected chi connectivity index (χ4v) is 4.55. The zero-order valence-electron chi connectivity index (χ0n) is 14.3. The van der Waals surface area contributed by atoms with E-state index < -0.39 is 0 Å². The molecule has 24 heavy (non-hydrogen) atoms. The van der Waals surface area contributed by atoms with Crippen molar-refractivity contribution in [1.82, 2.24) is 10.2 Å². The summed E-state index contributed by atoms with van der Waals surface area (Å²) in [7, 11) is 0. The summed E-state index contributed by atoms with van der Waals surface area (Å²) in [6.07, 6.45) is 2.15. The molecule has 1 aromatic carbocycles. The second kappa shape index (κ2) is 5.55. The van der Waals surface area contributed by atoms with E-state index in [2.05, 4.69) is 21.2 Å². The highest BCUT2D eigenvalue weighted by Gasteiger charge is 2.43. The summed E-state index contributed by atoms with van der Waals surface area (Å²) in [6, 6.07) is 4.06. The van der Waals surface area contributed by atoms with Crippen LogP contribution in [-0.2, 0) is 0 Å². The molecular formula is C18H21N3O2S.